The molecule has 0 aromatic rings. The molecule has 1 rings (SSSR count). The molecule has 0 spiro atoms. The number of rotatable bonds is 7. The Morgan fingerprint density at radius 3 is 2.78 bits per heavy atom. The highest BCUT2D eigenvalue weighted by atomic mass is 16.3. The zero-order valence-electron chi connectivity index (χ0n) is 12.7. The van der Waals surface area contributed by atoms with Crippen molar-refractivity contribution in [3.05, 3.63) is 0 Å². The van der Waals surface area contributed by atoms with E-state index in [0.717, 1.165) is 51.0 Å². The molecule has 2 N–H and O–H groups in total. The quantitative estimate of drug-likeness (QED) is 0.732. The van der Waals surface area contributed by atoms with Crippen molar-refractivity contribution < 1.29 is 5.11 Å². The monoisotopic (exact) mass is 256 g/mol. The number of piperidine rings is 1. The molecule has 1 heterocycles. The first-order valence-corrected chi connectivity index (χ1v) is 7.58. The van der Waals surface area contributed by atoms with Crippen molar-refractivity contribution in [1.82, 2.24) is 10.2 Å². The van der Waals surface area contributed by atoms with Crippen molar-refractivity contribution in [1.29, 1.82) is 0 Å². The lowest BCUT2D eigenvalue weighted by molar-refractivity contribution is 0.00418. The summed E-state index contributed by atoms with van der Waals surface area (Å²) in [6.45, 7) is 13.9. The number of β-amino-alcohol motifs (C(OH)–C–C–N with tert-alkyl or cyclic N) is 1. The van der Waals surface area contributed by atoms with Crippen molar-refractivity contribution in [2.45, 2.75) is 52.6 Å². The molecule has 1 saturated heterocycles. The maximum Gasteiger partial charge on any atom is 0.0743 e. The molecule has 0 saturated carbocycles. The summed E-state index contributed by atoms with van der Waals surface area (Å²) in [5.41, 5.74) is -0.521. The highest BCUT2D eigenvalue weighted by Crippen LogP contribution is 2.19. The molecule has 18 heavy (non-hydrogen) atoms. The van der Waals surface area contributed by atoms with Crippen molar-refractivity contribution in [2.75, 3.05) is 32.7 Å². The van der Waals surface area contributed by atoms with Gasteiger partial charge >= 0.3 is 0 Å². The smallest absolute Gasteiger partial charge is 0.0743 e. The van der Waals surface area contributed by atoms with Crippen molar-refractivity contribution in [2.24, 2.45) is 11.8 Å². The molecular formula is C15H32N2O. The SMILES string of the molecule is CCC(C)(O)CN1CCCC(CNCC(C)C)C1. The number of hydrogen-bond acceptors (Lipinski definition) is 3. The van der Waals surface area contributed by atoms with E-state index in [4.69, 9.17) is 0 Å². The van der Waals surface area contributed by atoms with Crippen molar-refractivity contribution in [3.8, 4) is 0 Å². The topological polar surface area (TPSA) is 35.5 Å². The Bertz CT molecular complexity index is 229. The van der Waals surface area contributed by atoms with Crippen LogP contribution in [0.3, 0.4) is 0 Å². The van der Waals surface area contributed by atoms with E-state index in [-0.39, 0.29) is 0 Å². The first kappa shape index (κ1) is 15.9. The minimum Gasteiger partial charge on any atom is -0.389 e. The molecule has 108 valence electrons. The Labute approximate surface area is 113 Å². The van der Waals surface area contributed by atoms with Crippen LogP contribution in [0.4, 0.5) is 0 Å². The van der Waals surface area contributed by atoms with Gasteiger partial charge < -0.3 is 15.3 Å². The Morgan fingerprint density at radius 2 is 2.17 bits per heavy atom. The lowest BCUT2D eigenvalue weighted by Crippen LogP contribution is -2.46. The van der Waals surface area contributed by atoms with Gasteiger partial charge in [-0.25, -0.2) is 0 Å². The predicted octanol–water partition coefficient (Wildman–Crippen LogP) is 2.10. The van der Waals surface area contributed by atoms with Gasteiger partial charge in [0.15, 0.2) is 0 Å². The van der Waals surface area contributed by atoms with Gasteiger partial charge in [-0.3, -0.25) is 0 Å². The maximum absolute atomic E-state index is 10.2. The summed E-state index contributed by atoms with van der Waals surface area (Å²) in [7, 11) is 0. The van der Waals surface area contributed by atoms with E-state index < -0.39 is 5.60 Å². The van der Waals surface area contributed by atoms with Gasteiger partial charge in [0.05, 0.1) is 5.60 Å². The minimum absolute atomic E-state index is 0.521. The molecule has 0 bridgehead atoms. The lowest BCUT2D eigenvalue weighted by atomic mass is 9.95. The van der Waals surface area contributed by atoms with Crippen LogP contribution in [-0.2, 0) is 0 Å². The maximum atomic E-state index is 10.2. The zero-order chi connectivity index (χ0) is 13.6. The molecule has 1 fully saturated rings. The summed E-state index contributed by atoms with van der Waals surface area (Å²) >= 11 is 0. The van der Waals surface area contributed by atoms with Gasteiger partial charge in [0.2, 0.25) is 0 Å². The van der Waals surface area contributed by atoms with Crippen LogP contribution in [0.1, 0.15) is 47.0 Å². The predicted molar refractivity (Wildman–Crippen MR) is 77.8 cm³/mol. The van der Waals surface area contributed by atoms with Crippen LogP contribution < -0.4 is 5.32 Å². The fourth-order valence-corrected chi connectivity index (χ4v) is 2.63. The molecule has 2 unspecified atom stereocenters. The van der Waals surface area contributed by atoms with E-state index in [9.17, 15) is 5.11 Å². The molecule has 3 heteroatoms. The third-order valence-electron chi connectivity index (χ3n) is 3.91. The Balaban J connectivity index is 2.28. The van der Waals surface area contributed by atoms with Gasteiger partial charge in [0.1, 0.15) is 0 Å². The normalized spacial score (nSPS) is 25.3. The van der Waals surface area contributed by atoms with E-state index in [1.807, 2.05) is 6.92 Å². The first-order valence-electron chi connectivity index (χ1n) is 7.58. The average molecular weight is 256 g/mol. The molecule has 0 aromatic carbocycles. The molecular weight excluding hydrogens is 224 g/mol. The molecule has 1 aliphatic rings. The second kappa shape index (κ2) is 7.46. The summed E-state index contributed by atoms with van der Waals surface area (Å²) < 4.78 is 0. The van der Waals surface area contributed by atoms with E-state index in [0.29, 0.717) is 0 Å². The van der Waals surface area contributed by atoms with E-state index in [1.54, 1.807) is 0 Å². The van der Waals surface area contributed by atoms with Crippen molar-refractivity contribution >= 4 is 0 Å². The standard InChI is InChI=1S/C15H32N2O/c1-5-15(4,18)12-17-8-6-7-14(11-17)10-16-9-13(2)3/h13-14,16,18H,5-12H2,1-4H3. The van der Waals surface area contributed by atoms with Crippen LogP contribution in [0.5, 0.6) is 0 Å². The minimum atomic E-state index is -0.521. The van der Waals surface area contributed by atoms with Gasteiger partial charge in [-0.1, -0.05) is 20.8 Å². The fraction of sp³-hybridized carbons (Fsp3) is 1.00. The highest BCUT2D eigenvalue weighted by Gasteiger charge is 2.26. The molecule has 0 radical (unpaired) electrons. The number of nitrogens with zero attached hydrogens (tertiary/aromatic N) is 1. The van der Waals surface area contributed by atoms with Gasteiger partial charge in [0.25, 0.3) is 0 Å². The molecule has 1 aliphatic heterocycles. The Hall–Kier alpha value is -0.120. The highest BCUT2D eigenvalue weighted by molar-refractivity contribution is 4.81. The Kier molecular flexibility index (Phi) is 6.61. The third kappa shape index (κ3) is 6.17. The number of hydrogen-bond donors (Lipinski definition) is 2. The van der Waals surface area contributed by atoms with Crippen LogP contribution in [0.15, 0.2) is 0 Å². The van der Waals surface area contributed by atoms with Gasteiger partial charge in [-0.2, -0.15) is 0 Å². The molecule has 2 atom stereocenters. The number of aliphatic hydroxyl groups is 1. The largest absolute Gasteiger partial charge is 0.389 e. The van der Waals surface area contributed by atoms with E-state index in [2.05, 4.69) is 31.0 Å². The second-order valence-electron chi connectivity index (χ2n) is 6.65. The Morgan fingerprint density at radius 1 is 1.44 bits per heavy atom. The second-order valence-corrected chi connectivity index (χ2v) is 6.65. The molecule has 0 aromatic heterocycles. The molecule has 0 aliphatic carbocycles. The molecule has 3 nitrogen and oxygen atoms in total. The van der Waals surface area contributed by atoms with Gasteiger partial charge in [-0.15, -0.1) is 0 Å². The number of nitrogens with one attached hydrogen (secondary N) is 1. The van der Waals surface area contributed by atoms with Crippen LogP contribution in [0, 0.1) is 11.8 Å². The van der Waals surface area contributed by atoms with E-state index >= 15 is 0 Å². The zero-order valence-corrected chi connectivity index (χ0v) is 12.7. The van der Waals surface area contributed by atoms with Crippen LogP contribution >= 0.6 is 0 Å². The molecule has 0 amide bonds. The summed E-state index contributed by atoms with van der Waals surface area (Å²) in [6.07, 6.45) is 3.43. The van der Waals surface area contributed by atoms with Crippen LogP contribution in [-0.4, -0.2) is 48.3 Å². The third-order valence-corrected chi connectivity index (χ3v) is 3.91. The summed E-state index contributed by atoms with van der Waals surface area (Å²) in [4.78, 5) is 2.44. The van der Waals surface area contributed by atoms with Gasteiger partial charge in [-0.05, 0) is 57.7 Å². The van der Waals surface area contributed by atoms with Crippen molar-refractivity contribution in [3.63, 3.8) is 0 Å². The van der Waals surface area contributed by atoms with Crippen LogP contribution in [0.25, 0.3) is 0 Å². The number of likely N-dealkylation sites (tertiary alicyclic amines) is 1. The van der Waals surface area contributed by atoms with Gasteiger partial charge in [0, 0.05) is 13.1 Å². The average Bonchev–Trinajstić information content (AvgIpc) is 2.28. The first-order chi connectivity index (χ1) is 8.43. The summed E-state index contributed by atoms with van der Waals surface area (Å²) in [5.74, 6) is 1.48. The summed E-state index contributed by atoms with van der Waals surface area (Å²) in [6, 6.07) is 0. The van der Waals surface area contributed by atoms with E-state index in [1.165, 1.54) is 12.8 Å². The van der Waals surface area contributed by atoms with Crippen LogP contribution in [0.2, 0.25) is 0 Å². The summed E-state index contributed by atoms with van der Waals surface area (Å²) in [5, 5.41) is 13.7. The lowest BCUT2D eigenvalue weighted by Gasteiger charge is -2.37. The fourth-order valence-electron chi connectivity index (χ4n) is 2.63.